The number of nitrogens with zero attached hydrogens (tertiary/aromatic N) is 1. The van der Waals surface area contributed by atoms with Gasteiger partial charge in [0.25, 0.3) is 0 Å². The van der Waals surface area contributed by atoms with E-state index in [1.165, 1.54) is 0 Å². The minimum atomic E-state index is -0.438. The molecule has 2 rings (SSSR count). The fraction of sp³-hybridized carbons (Fsp3) is 0.400. The molecule has 3 nitrogen and oxygen atoms in total. The van der Waals surface area contributed by atoms with E-state index in [1.54, 1.807) is 6.20 Å². The lowest BCUT2D eigenvalue weighted by molar-refractivity contribution is -0.120. The Morgan fingerprint density at radius 1 is 1.62 bits per heavy atom. The van der Waals surface area contributed by atoms with Gasteiger partial charge in [0.2, 0.25) is 5.91 Å². The van der Waals surface area contributed by atoms with Crippen molar-refractivity contribution >= 4 is 5.91 Å². The molecule has 1 fully saturated rings. The van der Waals surface area contributed by atoms with E-state index < -0.39 is 5.41 Å². The molecule has 1 heterocycles. The van der Waals surface area contributed by atoms with Crippen LogP contribution in [-0.2, 0) is 10.2 Å². The molecule has 0 atom stereocenters. The SMILES string of the molecule is Cc1ccnc(C2(C(N)=O)CC2)c1. The Bertz CT molecular complexity index is 356. The van der Waals surface area contributed by atoms with Gasteiger partial charge in [-0.2, -0.15) is 0 Å². The van der Waals surface area contributed by atoms with Crippen LogP contribution < -0.4 is 5.73 Å². The summed E-state index contributed by atoms with van der Waals surface area (Å²) in [5.74, 6) is -0.245. The molecule has 0 unspecified atom stereocenters. The first kappa shape index (κ1) is 8.23. The summed E-state index contributed by atoms with van der Waals surface area (Å²) in [5, 5.41) is 0. The van der Waals surface area contributed by atoms with Gasteiger partial charge in [0.1, 0.15) is 0 Å². The van der Waals surface area contributed by atoms with E-state index in [1.807, 2.05) is 19.1 Å². The topological polar surface area (TPSA) is 56.0 Å². The normalized spacial score (nSPS) is 18.2. The van der Waals surface area contributed by atoms with Crippen LogP contribution in [0.25, 0.3) is 0 Å². The first-order valence-electron chi connectivity index (χ1n) is 4.38. The van der Waals surface area contributed by atoms with Gasteiger partial charge in [0.15, 0.2) is 0 Å². The number of rotatable bonds is 2. The van der Waals surface area contributed by atoms with Crippen LogP contribution in [0.1, 0.15) is 24.1 Å². The third kappa shape index (κ3) is 1.20. The average Bonchev–Trinajstić information content (AvgIpc) is 2.83. The maximum Gasteiger partial charge on any atom is 0.229 e. The Morgan fingerprint density at radius 2 is 2.31 bits per heavy atom. The Kier molecular flexibility index (Phi) is 1.62. The number of primary amides is 1. The van der Waals surface area contributed by atoms with E-state index >= 15 is 0 Å². The van der Waals surface area contributed by atoms with Crippen molar-refractivity contribution in [2.75, 3.05) is 0 Å². The van der Waals surface area contributed by atoms with E-state index in [-0.39, 0.29) is 5.91 Å². The zero-order chi connectivity index (χ0) is 9.47. The predicted molar refractivity (Wildman–Crippen MR) is 49.1 cm³/mol. The molecule has 0 aromatic carbocycles. The van der Waals surface area contributed by atoms with Crippen LogP contribution in [0.5, 0.6) is 0 Å². The van der Waals surface area contributed by atoms with Gasteiger partial charge in [-0.25, -0.2) is 0 Å². The van der Waals surface area contributed by atoms with Crippen LogP contribution in [0.3, 0.4) is 0 Å². The molecule has 0 bridgehead atoms. The van der Waals surface area contributed by atoms with Gasteiger partial charge in [-0.15, -0.1) is 0 Å². The fourth-order valence-electron chi connectivity index (χ4n) is 1.55. The summed E-state index contributed by atoms with van der Waals surface area (Å²) in [7, 11) is 0. The monoisotopic (exact) mass is 176 g/mol. The van der Waals surface area contributed by atoms with Crippen molar-refractivity contribution in [1.82, 2.24) is 4.98 Å². The first-order chi connectivity index (χ1) is 6.15. The van der Waals surface area contributed by atoms with Crippen LogP contribution >= 0.6 is 0 Å². The second kappa shape index (κ2) is 2.55. The summed E-state index contributed by atoms with van der Waals surface area (Å²) < 4.78 is 0. The Labute approximate surface area is 77.0 Å². The van der Waals surface area contributed by atoms with E-state index in [2.05, 4.69) is 4.98 Å². The molecule has 1 amide bonds. The van der Waals surface area contributed by atoms with Crippen LogP contribution in [-0.4, -0.2) is 10.9 Å². The van der Waals surface area contributed by atoms with Crippen molar-refractivity contribution in [3.8, 4) is 0 Å². The molecule has 0 aliphatic heterocycles. The number of amides is 1. The molecule has 13 heavy (non-hydrogen) atoms. The van der Waals surface area contributed by atoms with Crippen LogP contribution in [0.2, 0.25) is 0 Å². The summed E-state index contributed by atoms with van der Waals surface area (Å²) >= 11 is 0. The zero-order valence-electron chi connectivity index (χ0n) is 7.58. The standard InChI is InChI=1S/C10H12N2O/c1-7-2-5-12-8(6-7)10(3-4-10)9(11)13/h2,5-6H,3-4H2,1H3,(H2,11,13). The van der Waals surface area contributed by atoms with Gasteiger partial charge in [-0.05, 0) is 37.5 Å². The molecule has 0 saturated heterocycles. The number of aryl methyl sites for hydroxylation is 1. The number of hydrogen-bond donors (Lipinski definition) is 1. The lowest BCUT2D eigenvalue weighted by atomic mass is 10.00. The molecule has 1 aliphatic carbocycles. The summed E-state index contributed by atoms with van der Waals surface area (Å²) in [6.07, 6.45) is 3.42. The largest absolute Gasteiger partial charge is 0.369 e. The minimum Gasteiger partial charge on any atom is -0.369 e. The number of pyridine rings is 1. The Balaban J connectivity index is 2.41. The van der Waals surface area contributed by atoms with Crippen LogP contribution in [0.15, 0.2) is 18.3 Å². The van der Waals surface area contributed by atoms with Gasteiger partial charge in [0, 0.05) is 6.20 Å². The molecule has 1 aromatic rings. The van der Waals surface area contributed by atoms with Gasteiger partial charge in [0.05, 0.1) is 11.1 Å². The highest BCUT2D eigenvalue weighted by Crippen LogP contribution is 2.46. The van der Waals surface area contributed by atoms with Crippen LogP contribution in [0, 0.1) is 6.92 Å². The fourth-order valence-corrected chi connectivity index (χ4v) is 1.55. The Morgan fingerprint density at radius 3 is 2.77 bits per heavy atom. The van der Waals surface area contributed by atoms with E-state index in [9.17, 15) is 4.79 Å². The highest BCUT2D eigenvalue weighted by molar-refractivity contribution is 5.89. The summed E-state index contributed by atoms with van der Waals surface area (Å²) in [6, 6.07) is 3.86. The average molecular weight is 176 g/mol. The number of carbonyl (C=O) groups excluding carboxylic acids is 1. The van der Waals surface area contributed by atoms with Crippen LogP contribution in [0.4, 0.5) is 0 Å². The Hall–Kier alpha value is -1.38. The molecule has 68 valence electrons. The zero-order valence-corrected chi connectivity index (χ0v) is 7.58. The van der Waals surface area contributed by atoms with Crippen molar-refractivity contribution in [3.63, 3.8) is 0 Å². The number of carbonyl (C=O) groups is 1. The quantitative estimate of drug-likeness (QED) is 0.728. The highest BCUT2D eigenvalue weighted by Gasteiger charge is 2.51. The second-order valence-corrected chi connectivity index (χ2v) is 3.66. The predicted octanol–water partition coefficient (Wildman–Crippen LogP) is 0.907. The molecule has 1 saturated carbocycles. The highest BCUT2D eigenvalue weighted by atomic mass is 16.1. The smallest absolute Gasteiger partial charge is 0.229 e. The maximum absolute atomic E-state index is 11.2. The van der Waals surface area contributed by atoms with Crippen molar-refractivity contribution in [1.29, 1.82) is 0 Å². The maximum atomic E-state index is 11.2. The summed E-state index contributed by atoms with van der Waals surface area (Å²) in [4.78, 5) is 15.4. The second-order valence-electron chi connectivity index (χ2n) is 3.66. The van der Waals surface area contributed by atoms with Gasteiger partial charge >= 0.3 is 0 Å². The van der Waals surface area contributed by atoms with Crippen molar-refractivity contribution < 1.29 is 4.79 Å². The van der Waals surface area contributed by atoms with Gasteiger partial charge in [-0.3, -0.25) is 9.78 Å². The first-order valence-corrected chi connectivity index (χ1v) is 4.38. The van der Waals surface area contributed by atoms with Crippen molar-refractivity contribution in [2.24, 2.45) is 5.73 Å². The van der Waals surface area contributed by atoms with Gasteiger partial charge in [-0.1, -0.05) is 0 Å². The van der Waals surface area contributed by atoms with Crippen molar-refractivity contribution in [3.05, 3.63) is 29.6 Å². The van der Waals surface area contributed by atoms with Crippen molar-refractivity contribution in [2.45, 2.75) is 25.2 Å². The molecule has 0 radical (unpaired) electrons. The molecule has 1 aromatic heterocycles. The molecule has 3 heteroatoms. The lowest BCUT2D eigenvalue weighted by Crippen LogP contribution is -2.29. The third-order valence-corrected chi connectivity index (χ3v) is 2.63. The molecular formula is C10H12N2O. The molecule has 0 spiro atoms. The number of hydrogen-bond acceptors (Lipinski definition) is 2. The number of nitrogens with two attached hydrogens (primary N) is 1. The molecular weight excluding hydrogens is 164 g/mol. The lowest BCUT2D eigenvalue weighted by Gasteiger charge is -2.09. The van der Waals surface area contributed by atoms with E-state index in [0.717, 1.165) is 24.1 Å². The summed E-state index contributed by atoms with van der Waals surface area (Å²) in [6.45, 7) is 1.99. The molecule has 2 N–H and O–H groups in total. The third-order valence-electron chi connectivity index (χ3n) is 2.63. The van der Waals surface area contributed by atoms with E-state index in [4.69, 9.17) is 5.73 Å². The summed E-state index contributed by atoms with van der Waals surface area (Å²) in [5.41, 5.74) is 6.85. The van der Waals surface area contributed by atoms with Gasteiger partial charge < -0.3 is 5.73 Å². The number of aromatic nitrogens is 1. The minimum absolute atomic E-state index is 0.245. The van der Waals surface area contributed by atoms with E-state index in [0.29, 0.717) is 0 Å². The molecule has 1 aliphatic rings.